The first-order valence-corrected chi connectivity index (χ1v) is 11.9. The zero-order chi connectivity index (χ0) is 20.5. The molecular formula is C23H46O5. The molecule has 5 nitrogen and oxygen atoms in total. The Hall–Kier alpha value is -0.200. The van der Waals surface area contributed by atoms with Gasteiger partial charge in [0.25, 0.3) is 0 Å². The molecule has 1 rings (SSSR count). The van der Waals surface area contributed by atoms with Crippen LogP contribution in [-0.2, 0) is 9.47 Å². The lowest BCUT2D eigenvalue weighted by Crippen LogP contribution is -2.42. The van der Waals surface area contributed by atoms with Crippen LogP contribution in [0.5, 0.6) is 0 Å². The minimum Gasteiger partial charge on any atom is -0.394 e. The Balaban J connectivity index is 1.84. The van der Waals surface area contributed by atoms with Crippen molar-refractivity contribution in [2.75, 3.05) is 19.8 Å². The van der Waals surface area contributed by atoms with Gasteiger partial charge in [-0.25, -0.2) is 0 Å². The minimum atomic E-state index is -0.997. The molecule has 0 aliphatic carbocycles. The molecule has 1 aliphatic rings. The lowest BCUT2D eigenvalue weighted by atomic mass is 10.0. The van der Waals surface area contributed by atoms with Crippen LogP contribution in [0.1, 0.15) is 103 Å². The molecule has 0 aromatic carbocycles. The van der Waals surface area contributed by atoms with Crippen LogP contribution in [-0.4, -0.2) is 59.6 Å². The average Bonchev–Trinajstić information content (AvgIpc) is 3.07. The van der Waals surface area contributed by atoms with E-state index in [9.17, 15) is 10.2 Å². The van der Waals surface area contributed by atoms with Crippen LogP contribution in [0, 0.1) is 0 Å². The molecule has 5 heteroatoms. The second-order valence-electron chi connectivity index (χ2n) is 8.40. The SMILES string of the molecule is CCCCCCCCCCCCCCCCCO[C@H]1[C@@H]([C@H](O)CO)OC[C@@H]1O. The van der Waals surface area contributed by atoms with Gasteiger partial charge in [-0.05, 0) is 6.42 Å². The van der Waals surface area contributed by atoms with Gasteiger partial charge in [0.2, 0.25) is 0 Å². The molecule has 0 bridgehead atoms. The first kappa shape index (κ1) is 25.8. The number of aliphatic hydroxyl groups excluding tert-OH is 3. The molecule has 4 atom stereocenters. The number of aliphatic hydroxyl groups is 3. The first-order valence-electron chi connectivity index (χ1n) is 11.9. The molecule has 1 heterocycles. The van der Waals surface area contributed by atoms with E-state index in [1.54, 1.807) is 0 Å². The van der Waals surface area contributed by atoms with Crippen molar-refractivity contribution in [3.63, 3.8) is 0 Å². The van der Waals surface area contributed by atoms with Gasteiger partial charge in [-0.2, -0.15) is 0 Å². The van der Waals surface area contributed by atoms with E-state index in [1.165, 1.54) is 83.5 Å². The zero-order valence-electron chi connectivity index (χ0n) is 18.2. The summed E-state index contributed by atoms with van der Waals surface area (Å²) in [4.78, 5) is 0. The smallest absolute Gasteiger partial charge is 0.114 e. The third kappa shape index (κ3) is 11.7. The highest BCUT2D eigenvalue weighted by atomic mass is 16.6. The van der Waals surface area contributed by atoms with Crippen molar-refractivity contribution in [1.82, 2.24) is 0 Å². The van der Waals surface area contributed by atoms with E-state index in [0.717, 1.165) is 12.8 Å². The van der Waals surface area contributed by atoms with Crippen molar-refractivity contribution in [3.05, 3.63) is 0 Å². The normalized spacial score (nSPS) is 23.4. The molecule has 0 radical (unpaired) electrons. The summed E-state index contributed by atoms with van der Waals surface area (Å²) in [6, 6.07) is 0. The van der Waals surface area contributed by atoms with Gasteiger partial charge in [-0.3, -0.25) is 0 Å². The Labute approximate surface area is 172 Å². The summed E-state index contributed by atoms with van der Waals surface area (Å²) in [5.41, 5.74) is 0. The van der Waals surface area contributed by atoms with E-state index in [4.69, 9.17) is 14.6 Å². The summed E-state index contributed by atoms with van der Waals surface area (Å²) >= 11 is 0. The molecule has 0 amide bonds. The minimum absolute atomic E-state index is 0.158. The molecule has 1 aliphatic heterocycles. The second kappa shape index (κ2) is 17.6. The molecule has 0 unspecified atom stereocenters. The number of hydrogen-bond acceptors (Lipinski definition) is 5. The maximum Gasteiger partial charge on any atom is 0.114 e. The lowest BCUT2D eigenvalue weighted by Gasteiger charge is -2.23. The first-order chi connectivity index (χ1) is 13.7. The van der Waals surface area contributed by atoms with E-state index >= 15 is 0 Å². The van der Waals surface area contributed by atoms with Crippen LogP contribution in [0.2, 0.25) is 0 Å². The Bertz CT molecular complexity index is 339. The summed E-state index contributed by atoms with van der Waals surface area (Å²) in [6.07, 6.45) is 17.0. The number of ether oxygens (including phenoxy) is 2. The Morgan fingerprint density at radius 1 is 0.821 bits per heavy atom. The number of hydrogen-bond donors (Lipinski definition) is 3. The van der Waals surface area contributed by atoms with Gasteiger partial charge in [0.15, 0.2) is 0 Å². The summed E-state index contributed by atoms with van der Waals surface area (Å²) < 4.78 is 11.0. The predicted octanol–water partition coefficient (Wildman–Crippen LogP) is 4.36. The van der Waals surface area contributed by atoms with Gasteiger partial charge in [-0.15, -0.1) is 0 Å². The second-order valence-corrected chi connectivity index (χ2v) is 8.40. The third-order valence-corrected chi connectivity index (χ3v) is 5.79. The maximum absolute atomic E-state index is 9.89. The van der Waals surface area contributed by atoms with Crippen LogP contribution in [0.3, 0.4) is 0 Å². The van der Waals surface area contributed by atoms with E-state index in [-0.39, 0.29) is 13.2 Å². The molecule has 1 saturated heterocycles. The standard InChI is InChI=1S/C23H46O5/c1-2-3-4-5-6-7-8-9-10-11-12-13-14-15-16-17-27-23-21(26)19-28-22(23)20(25)18-24/h20-26H,2-19H2,1H3/t20-,21+,22-,23-/m1/s1. The Kier molecular flexibility index (Phi) is 16.3. The van der Waals surface area contributed by atoms with Crippen molar-refractivity contribution in [2.45, 2.75) is 128 Å². The third-order valence-electron chi connectivity index (χ3n) is 5.79. The molecule has 0 aromatic rings. The molecule has 0 aromatic heterocycles. The molecule has 0 saturated carbocycles. The van der Waals surface area contributed by atoms with Crippen LogP contribution in [0.15, 0.2) is 0 Å². The van der Waals surface area contributed by atoms with Crippen molar-refractivity contribution in [1.29, 1.82) is 0 Å². The molecule has 1 fully saturated rings. The van der Waals surface area contributed by atoms with E-state index < -0.39 is 24.4 Å². The fraction of sp³-hybridized carbons (Fsp3) is 1.00. The predicted molar refractivity (Wildman–Crippen MR) is 114 cm³/mol. The zero-order valence-corrected chi connectivity index (χ0v) is 18.2. The average molecular weight is 403 g/mol. The molecular weight excluding hydrogens is 356 g/mol. The van der Waals surface area contributed by atoms with Crippen LogP contribution in [0.4, 0.5) is 0 Å². The highest BCUT2D eigenvalue weighted by molar-refractivity contribution is 4.89. The van der Waals surface area contributed by atoms with Gasteiger partial charge >= 0.3 is 0 Å². The molecule has 168 valence electrons. The van der Waals surface area contributed by atoms with Gasteiger partial charge in [-0.1, -0.05) is 96.8 Å². The fourth-order valence-electron chi connectivity index (χ4n) is 3.95. The maximum atomic E-state index is 9.89. The van der Waals surface area contributed by atoms with E-state index in [2.05, 4.69) is 6.92 Å². The summed E-state index contributed by atoms with van der Waals surface area (Å²) in [7, 11) is 0. The fourth-order valence-corrected chi connectivity index (χ4v) is 3.95. The van der Waals surface area contributed by atoms with Gasteiger partial charge < -0.3 is 24.8 Å². The van der Waals surface area contributed by atoms with Crippen molar-refractivity contribution in [3.8, 4) is 0 Å². The number of rotatable bonds is 19. The van der Waals surface area contributed by atoms with Crippen molar-refractivity contribution < 1.29 is 24.8 Å². The Morgan fingerprint density at radius 2 is 1.29 bits per heavy atom. The van der Waals surface area contributed by atoms with E-state index in [1.807, 2.05) is 0 Å². The van der Waals surface area contributed by atoms with Crippen LogP contribution >= 0.6 is 0 Å². The van der Waals surface area contributed by atoms with E-state index in [0.29, 0.717) is 6.61 Å². The lowest BCUT2D eigenvalue weighted by molar-refractivity contribution is -0.0938. The highest BCUT2D eigenvalue weighted by Crippen LogP contribution is 2.21. The topological polar surface area (TPSA) is 79.2 Å². The Morgan fingerprint density at radius 3 is 1.75 bits per heavy atom. The van der Waals surface area contributed by atoms with Gasteiger partial charge in [0.1, 0.15) is 24.4 Å². The quantitative estimate of drug-likeness (QED) is 0.280. The molecule has 3 N–H and O–H groups in total. The van der Waals surface area contributed by atoms with Crippen LogP contribution in [0.25, 0.3) is 0 Å². The monoisotopic (exact) mass is 402 g/mol. The summed E-state index contributed by atoms with van der Waals surface area (Å²) in [5.74, 6) is 0. The summed E-state index contributed by atoms with van der Waals surface area (Å²) in [5, 5.41) is 28.6. The van der Waals surface area contributed by atoms with Crippen molar-refractivity contribution in [2.24, 2.45) is 0 Å². The van der Waals surface area contributed by atoms with Crippen LogP contribution < -0.4 is 0 Å². The highest BCUT2D eigenvalue weighted by Gasteiger charge is 2.40. The molecule has 0 spiro atoms. The largest absolute Gasteiger partial charge is 0.394 e. The van der Waals surface area contributed by atoms with Crippen molar-refractivity contribution >= 4 is 0 Å². The van der Waals surface area contributed by atoms with Gasteiger partial charge in [0.05, 0.1) is 13.2 Å². The van der Waals surface area contributed by atoms with Gasteiger partial charge in [0, 0.05) is 6.61 Å². The number of unbranched alkanes of at least 4 members (excludes halogenated alkanes) is 14. The summed E-state index contributed by atoms with van der Waals surface area (Å²) in [6.45, 7) is 2.62. The molecule has 28 heavy (non-hydrogen) atoms.